The van der Waals surface area contributed by atoms with Gasteiger partial charge in [0.15, 0.2) is 0 Å². The Balaban J connectivity index is 2.26. The molecule has 0 radical (unpaired) electrons. The Bertz CT molecular complexity index is 857. The van der Waals surface area contributed by atoms with Crippen molar-refractivity contribution in [3.05, 3.63) is 65.2 Å². The van der Waals surface area contributed by atoms with Gasteiger partial charge in [0, 0.05) is 18.7 Å². The van der Waals surface area contributed by atoms with Gasteiger partial charge in [0.05, 0.1) is 18.5 Å². The Morgan fingerprint density at radius 1 is 1.00 bits per heavy atom. The summed E-state index contributed by atoms with van der Waals surface area (Å²) in [5.41, 5.74) is 3.07. The van der Waals surface area contributed by atoms with Crippen LogP contribution in [-0.2, 0) is 16.6 Å². The van der Waals surface area contributed by atoms with Crippen molar-refractivity contribution in [2.45, 2.75) is 27.3 Å². The van der Waals surface area contributed by atoms with Gasteiger partial charge in [-0.25, -0.2) is 8.42 Å². The van der Waals surface area contributed by atoms with E-state index in [0.29, 0.717) is 24.3 Å². The molecule has 0 bridgehead atoms. The lowest BCUT2D eigenvalue weighted by molar-refractivity contribution is 0.0773. The molecule has 0 heterocycles. The molecule has 2 aromatic rings. The molecule has 0 aliphatic heterocycles. The summed E-state index contributed by atoms with van der Waals surface area (Å²) in [6.45, 7) is 7.36. The number of aryl methyl sites for hydroxylation is 1. The van der Waals surface area contributed by atoms with Crippen LogP contribution in [-0.4, -0.2) is 38.6 Å². The molecule has 5 nitrogen and oxygen atoms in total. The number of carbonyl (C=O) groups excluding carboxylic acids is 1. The molecule has 0 aliphatic rings. The van der Waals surface area contributed by atoms with Crippen molar-refractivity contribution in [3.8, 4) is 0 Å². The highest BCUT2D eigenvalue weighted by Crippen LogP contribution is 2.22. The highest BCUT2D eigenvalue weighted by molar-refractivity contribution is 7.92. The largest absolute Gasteiger partial charge is 0.339 e. The van der Waals surface area contributed by atoms with Gasteiger partial charge in [0.25, 0.3) is 5.91 Å². The molecule has 26 heavy (non-hydrogen) atoms. The maximum Gasteiger partial charge on any atom is 0.253 e. The third-order valence-corrected chi connectivity index (χ3v) is 5.41. The summed E-state index contributed by atoms with van der Waals surface area (Å²) >= 11 is 0. The summed E-state index contributed by atoms with van der Waals surface area (Å²) in [4.78, 5) is 14.1. The fraction of sp³-hybridized carbons (Fsp3) is 0.350. The third-order valence-electron chi connectivity index (χ3n) is 4.27. The second-order valence-electron chi connectivity index (χ2n) is 6.28. The molecule has 0 aliphatic carbocycles. The minimum atomic E-state index is -3.42. The zero-order valence-corrected chi connectivity index (χ0v) is 16.6. The number of nitrogens with zero attached hydrogens (tertiary/aromatic N) is 2. The Morgan fingerprint density at radius 2 is 1.62 bits per heavy atom. The van der Waals surface area contributed by atoms with Crippen molar-refractivity contribution in [1.29, 1.82) is 0 Å². The zero-order chi connectivity index (χ0) is 19.3. The average molecular weight is 375 g/mol. The predicted molar refractivity (Wildman–Crippen MR) is 106 cm³/mol. The second-order valence-corrected chi connectivity index (χ2v) is 8.19. The minimum Gasteiger partial charge on any atom is -0.339 e. The number of amides is 1. The number of hydrogen-bond acceptors (Lipinski definition) is 3. The number of hydrogen-bond donors (Lipinski definition) is 0. The van der Waals surface area contributed by atoms with Crippen molar-refractivity contribution >= 4 is 21.6 Å². The van der Waals surface area contributed by atoms with Crippen LogP contribution in [0.3, 0.4) is 0 Å². The standard InChI is InChI=1S/C20H26N2O3S/c1-5-21(6-2)20(23)18-12-10-17(11-13-18)15-22(26(4,24)25)19-9-7-8-16(3)14-19/h7-14H,5-6,15H2,1-4H3. The smallest absolute Gasteiger partial charge is 0.253 e. The highest BCUT2D eigenvalue weighted by atomic mass is 32.2. The molecular formula is C20H26N2O3S. The van der Waals surface area contributed by atoms with E-state index in [-0.39, 0.29) is 12.5 Å². The zero-order valence-electron chi connectivity index (χ0n) is 15.8. The molecular weight excluding hydrogens is 348 g/mol. The minimum absolute atomic E-state index is 0.0137. The first-order valence-electron chi connectivity index (χ1n) is 8.68. The monoisotopic (exact) mass is 374 g/mol. The molecule has 0 unspecified atom stereocenters. The van der Waals surface area contributed by atoms with Gasteiger partial charge in [0.1, 0.15) is 0 Å². The lowest BCUT2D eigenvalue weighted by Gasteiger charge is -2.23. The lowest BCUT2D eigenvalue weighted by Crippen LogP contribution is -2.30. The van der Waals surface area contributed by atoms with Crippen LogP contribution in [0.2, 0.25) is 0 Å². The number of sulfonamides is 1. The van der Waals surface area contributed by atoms with Gasteiger partial charge in [0.2, 0.25) is 10.0 Å². The summed E-state index contributed by atoms with van der Waals surface area (Å²) in [5, 5.41) is 0. The van der Waals surface area contributed by atoms with E-state index in [2.05, 4.69) is 0 Å². The molecule has 2 rings (SSSR count). The summed E-state index contributed by atoms with van der Waals surface area (Å²) in [6.07, 6.45) is 1.20. The van der Waals surface area contributed by atoms with E-state index in [4.69, 9.17) is 0 Å². The van der Waals surface area contributed by atoms with Crippen LogP contribution < -0.4 is 4.31 Å². The van der Waals surface area contributed by atoms with E-state index >= 15 is 0 Å². The van der Waals surface area contributed by atoms with Gasteiger partial charge in [-0.3, -0.25) is 9.10 Å². The van der Waals surface area contributed by atoms with Crippen molar-refractivity contribution < 1.29 is 13.2 Å². The van der Waals surface area contributed by atoms with Crippen LogP contribution in [0.15, 0.2) is 48.5 Å². The van der Waals surface area contributed by atoms with Crippen LogP contribution in [0, 0.1) is 6.92 Å². The van der Waals surface area contributed by atoms with Crippen LogP contribution in [0.5, 0.6) is 0 Å². The molecule has 2 aromatic carbocycles. The van der Waals surface area contributed by atoms with Crippen molar-refractivity contribution in [3.63, 3.8) is 0 Å². The lowest BCUT2D eigenvalue weighted by atomic mass is 10.1. The van der Waals surface area contributed by atoms with Crippen molar-refractivity contribution in [1.82, 2.24) is 4.90 Å². The van der Waals surface area contributed by atoms with E-state index in [1.54, 1.807) is 23.1 Å². The number of benzene rings is 2. The predicted octanol–water partition coefficient (Wildman–Crippen LogP) is 3.44. The van der Waals surface area contributed by atoms with E-state index < -0.39 is 10.0 Å². The number of rotatable bonds is 7. The van der Waals surface area contributed by atoms with Crippen LogP contribution in [0.25, 0.3) is 0 Å². The van der Waals surface area contributed by atoms with E-state index in [0.717, 1.165) is 11.1 Å². The Hall–Kier alpha value is -2.34. The molecule has 0 spiro atoms. The van der Waals surface area contributed by atoms with E-state index in [1.807, 2.05) is 51.1 Å². The summed E-state index contributed by atoms with van der Waals surface area (Å²) in [6, 6.07) is 14.5. The van der Waals surface area contributed by atoms with Crippen molar-refractivity contribution in [2.24, 2.45) is 0 Å². The molecule has 6 heteroatoms. The van der Waals surface area contributed by atoms with Crippen LogP contribution in [0.1, 0.15) is 35.3 Å². The first-order chi connectivity index (χ1) is 12.3. The summed E-state index contributed by atoms with van der Waals surface area (Å²) in [7, 11) is -3.42. The normalized spacial score (nSPS) is 11.2. The molecule has 1 amide bonds. The summed E-state index contributed by atoms with van der Waals surface area (Å²) in [5.74, 6) is -0.0137. The van der Waals surface area contributed by atoms with Gasteiger partial charge in [-0.2, -0.15) is 0 Å². The number of carbonyl (C=O) groups is 1. The molecule has 0 atom stereocenters. The van der Waals surface area contributed by atoms with Gasteiger partial charge < -0.3 is 4.90 Å². The fourth-order valence-corrected chi connectivity index (χ4v) is 3.68. The van der Waals surface area contributed by atoms with Gasteiger partial charge >= 0.3 is 0 Å². The Kier molecular flexibility index (Phi) is 6.42. The molecule has 0 fully saturated rings. The van der Waals surface area contributed by atoms with Crippen molar-refractivity contribution in [2.75, 3.05) is 23.7 Å². The van der Waals surface area contributed by atoms with Gasteiger partial charge in [-0.15, -0.1) is 0 Å². The average Bonchev–Trinajstić information content (AvgIpc) is 2.60. The first kappa shape index (κ1) is 20.0. The molecule has 0 aromatic heterocycles. The first-order valence-corrected chi connectivity index (χ1v) is 10.5. The number of anilines is 1. The maximum absolute atomic E-state index is 12.4. The maximum atomic E-state index is 12.4. The highest BCUT2D eigenvalue weighted by Gasteiger charge is 2.18. The van der Waals surface area contributed by atoms with Crippen LogP contribution in [0.4, 0.5) is 5.69 Å². The summed E-state index contributed by atoms with van der Waals surface area (Å²) < 4.78 is 25.9. The fourth-order valence-electron chi connectivity index (χ4n) is 2.80. The molecule has 0 saturated heterocycles. The van der Waals surface area contributed by atoms with Gasteiger partial charge in [-0.05, 0) is 56.2 Å². The van der Waals surface area contributed by atoms with E-state index in [1.165, 1.54) is 10.6 Å². The second kappa shape index (κ2) is 8.36. The van der Waals surface area contributed by atoms with E-state index in [9.17, 15) is 13.2 Å². The SMILES string of the molecule is CCN(CC)C(=O)c1ccc(CN(c2cccc(C)c2)S(C)(=O)=O)cc1. The van der Waals surface area contributed by atoms with Crippen LogP contribution >= 0.6 is 0 Å². The molecule has 140 valence electrons. The Labute approximate surface area is 156 Å². The van der Waals surface area contributed by atoms with Gasteiger partial charge in [-0.1, -0.05) is 24.3 Å². The molecule has 0 saturated carbocycles. The third kappa shape index (κ3) is 4.85. The topological polar surface area (TPSA) is 57.7 Å². The quantitative estimate of drug-likeness (QED) is 0.746. The molecule has 0 N–H and O–H groups in total. The Morgan fingerprint density at radius 3 is 2.12 bits per heavy atom.